The van der Waals surface area contributed by atoms with E-state index in [1.54, 1.807) is 0 Å². The Bertz CT molecular complexity index is 1300. The summed E-state index contributed by atoms with van der Waals surface area (Å²) in [6.07, 6.45) is 1.94. The van der Waals surface area contributed by atoms with Gasteiger partial charge in [-0.05, 0) is 36.2 Å². The number of aryl methyl sites for hydroxylation is 1. The standard InChI is InChI=1S/C23H23N5O3/c1-2-3-10-28-21(24)19(20-22(28)27-16-7-5-4-6-15(16)26-20)23(29)25-12-14-8-9-17-18(11-14)31-13-30-17/h4-9,11H,2-3,10,12-13,24H2,1H3,(H,25,29). The highest BCUT2D eigenvalue weighted by atomic mass is 16.7. The second kappa shape index (κ2) is 7.79. The van der Waals surface area contributed by atoms with Gasteiger partial charge < -0.3 is 25.1 Å². The van der Waals surface area contributed by atoms with Crippen molar-refractivity contribution in [2.24, 2.45) is 0 Å². The van der Waals surface area contributed by atoms with Crippen LogP contribution in [0.15, 0.2) is 42.5 Å². The van der Waals surface area contributed by atoms with Gasteiger partial charge in [-0.3, -0.25) is 4.79 Å². The zero-order valence-corrected chi connectivity index (χ0v) is 17.2. The van der Waals surface area contributed by atoms with E-state index in [1.165, 1.54) is 0 Å². The quantitative estimate of drug-likeness (QED) is 0.496. The van der Waals surface area contributed by atoms with Gasteiger partial charge in [0.05, 0.1) is 11.0 Å². The van der Waals surface area contributed by atoms with E-state index in [9.17, 15) is 4.79 Å². The van der Waals surface area contributed by atoms with E-state index >= 15 is 0 Å². The lowest BCUT2D eigenvalue weighted by Crippen LogP contribution is -2.24. The molecule has 0 fully saturated rings. The van der Waals surface area contributed by atoms with E-state index in [1.807, 2.05) is 47.0 Å². The van der Waals surface area contributed by atoms with Crippen LogP contribution in [0.25, 0.3) is 22.2 Å². The third-order valence-electron chi connectivity index (χ3n) is 5.44. The normalized spacial score (nSPS) is 12.5. The minimum absolute atomic E-state index is 0.214. The second-order valence-corrected chi connectivity index (χ2v) is 7.52. The molecule has 0 radical (unpaired) electrons. The minimum atomic E-state index is -0.278. The number of fused-ring (bicyclic) bond motifs is 3. The number of hydrogen-bond acceptors (Lipinski definition) is 6. The molecule has 0 saturated heterocycles. The molecule has 0 spiro atoms. The van der Waals surface area contributed by atoms with Crippen LogP contribution < -0.4 is 20.5 Å². The highest BCUT2D eigenvalue weighted by molar-refractivity contribution is 6.10. The maximum atomic E-state index is 13.2. The van der Waals surface area contributed by atoms with Crippen molar-refractivity contribution in [3.05, 3.63) is 53.6 Å². The van der Waals surface area contributed by atoms with Crippen LogP contribution in [0.3, 0.4) is 0 Å². The van der Waals surface area contributed by atoms with Crippen molar-refractivity contribution in [2.75, 3.05) is 12.5 Å². The van der Waals surface area contributed by atoms with Crippen LogP contribution in [-0.4, -0.2) is 27.2 Å². The number of carbonyl (C=O) groups excluding carboxylic acids is 1. The Morgan fingerprint density at radius 1 is 1.13 bits per heavy atom. The van der Waals surface area contributed by atoms with Gasteiger partial charge in [-0.25, -0.2) is 9.97 Å². The predicted octanol–water partition coefficient (Wildman–Crippen LogP) is 3.63. The first-order valence-electron chi connectivity index (χ1n) is 10.4. The highest BCUT2D eigenvalue weighted by Gasteiger charge is 2.24. The van der Waals surface area contributed by atoms with Gasteiger partial charge in [0, 0.05) is 13.1 Å². The summed E-state index contributed by atoms with van der Waals surface area (Å²) in [6.45, 7) is 3.34. The maximum absolute atomic E-state index is 13.2. The van der Waals surface area contributed by atoms with Crippen LogP contribution in [-0.2, 0) is 13.1 Å². The largest absolute Gasteiger partial charge is 0.454 e. The third kappa shape index (κ3) is 3.39. The molecule has 1 amide bonds. The molecule has 1 aliphatic rings. The lowest BCUT2D eigenvalue weighted by Gasteiger charge is -2.08. The van der Waals surface area contributed by atoms with Gasteiger partial charge in [0.15, 0.2) is 17.1 Å². The molecule has 0 aliphatic carbocycles. The molecular weight excluding hydrogens is 394 g/mol. The van der Waals surface area contributed by atoms with Crippen LogP contribution >= 0.6 is 0 Å². The van der Waals surface area contributed by atoms with Crippen molar-refractivity contribution in [3.63, 3.8) is 0 Å². The number of aromatic nitrogens is 3. The molecule has 3 N–H and O–H groups in total. The van der Waals surface area contributed by atoms with Crippen molar-refractivity contribution >= 4 is 33.9 Å². The van der Waals surface area contributed by atoms with E-state index in [4.69, 9.17) is 25.2 Å². The summed E-state index contributed by atoms with van der Waals surface area (Å²) >= 11 is 0. The molecule has 4 aromatic rings. The molecule has 2 aromatic carbocycles. The predicted molar refractivity (Wildman–Crippen MR) is 118 cm³/mol. The van der Waals surface area contributed by atoms with Crippen LogP contribution in [0.5, 0.6) is 11.5 Å². The molecule has 0 atom stereocenters. The highest BCUT2D eigenvalue weighted by Crippen LogP contribution is 2.33. The molecule has 5 rings (SSSR count). The number of amides is 1. The molecule has 8 heteroatoms. The summed E-state index contributed by atoms with van der Waals surface area (Å²) in [7, 11) is 0. The molecule has 3 heterocycles. The topological polar surface area (TPSA) is 104 Å². The van der Waals surface area contributed by atoms with Crippen molar-refractivity contribution in [1.29, 1.82) is 0 Å². The Morgan fingerprint density at radius 2 is 1.90 bits per heavy atom. The number of benzene rings is 2. The number of nitrogen functional groups attached to an aromatic ring is 1. The third-order valence-corrected chi connectivity index (χ3v) is 5.44. The van der Waals surface area contributed by atoms with Crippen LogP contribution in [0.4, 0.5) is 5.82 Å². The van der Waals surface area contributed by atoms with Gasteiger partial charge in [-0.1, -0.05) is 31.5 Å². The number of hydrogen-bond donors (Lipinski definition) is 2. The zero-order chi connectivity index (χ0) is 21.4. The molecule has 0 bridgehead atoms. The van der Waals surface area contributed by atoms with Crippen molar-refractivity contribution in [3.8, 4) is 11.5 Å². The fraction of sp³-hybridized carbons (Fsp3) is 0.261. The van der Waals surface area contributed by atoms with E-state index in [0.29, 0.717) is 47.1 Å². The number of nitrogens with zero attached hydrogens (tertiary/aromatic N) is 3. The summed E-state index contributed by atoms with van der Waals surface area (Å²) in [6, 6.07) is 13.2. The first-order valence-corrected chi connectivity index (χ1v) is 10.4. The van der Waals surface area contributed by atoms with Gasteiger partial charge in [0.1, 0.15) is 16.9 Å². The van der Waals surface area contributed by atoms with Gasteiger partial charge in [0.25, 0.3) is 5.91 Å². The lowest BCUT2D eigenvalue weighted by atomic mass is 10.2. The summed E-state index contributed by atoms with van der Waals surface area (Å²) in [4.78, 5) is 22.7. The van der Waals surface area contributed by atoms with E-state index in [2.05, 4.69) is 12.2 Å². The van der Waals surface area contributed by atoms with E-state index < -0.39 is 0 Å². The smallest absolute Gasteiger partial charge is 0.257 e. The van der Waals surface area contributed by atoms with E-state index in [0.717, 1.165) is 29.4 Å². The minimum Gasteiger partial charge on any atom is -0.454 e. The average molecular weight is 417 g/mol. The van der Waals surface area contributed by atoms with Crippen LogP contribution in [0.1, 0.15) is 35.7 Å². The number of unbranched alkanes of at least 4 members (excludes halogenated alkanes) is 1. The van der Waals surface area contributed by atoms with Gasteiger partial charge in [-0.15, -0.1) is 0 Å². The molecule has 0 saturated carbocycles. The number of nitrogens with two attached hydrogens (primary N) is 1. The Balaban J connectivity index is 1.50. The first-order chi connectivity index (χ1) is 15.2. The van der Waals surface area contributed by atoms with Crippen molar-refractivity contribution < 1.29 is 14.3 Å². The van der Waals surface area contributed by atoms with E-state index in [-0.39, 0.29) is 12.7 Å². The SMILES string of the molecule is CCCCn1c(N)c(C(=O)NCc2ccc3c(c2)OCO3)c2nc3ccccc3nc21. The van der Waals surface area contributed by atoms with Crippen LogP contribution in [0, 0.1) is 0 Å². The fourth-order valence-corrected chi connectivity index (χ4v) is 3.81. The number of anilines is 1. The Labute approximate surface area is 179 Å². The molecular formula is C23H23N5O3. The molecule has 1 aliphatic heterocycles. The second-order valence-electron chi connectivity index (χ2n) is 7.52. The molecule has 0 unspecified atom stereocenters. The summed E-state index contributed by atoms with van der Waals surface area (Å²) < 4.78 is 12.6. The molecule has 158 valence electrons. The number of ether oxygens (including phenoxy) is 2. The molecule has 8 nitrogen and oxygen atoms in total. The Kier molecular flexibility index (Phi) is 4.82. The zero-order valence-electron chi connectivity index (χ0n) is 17.2. The maximum Gasteiger partial charge on any atom is 0.257 e. The van der Waals surface area contributed by atoms with Crippen molar-refractivity contribution in [1.82, 2.24) is 19.9 Å². The number of nitrogens with one attached hydrogen (secondary N) is 1. The average Bonchev–Trinajstić information content (AvgIpc) is 3.35. The Morgan fingerprint density at radius 3 is 2.71 bits per heavy atom. The lowest BCUT2D eigenvalue weighted by molar-refractivity contribution is 0.0953. The fourth-order valence-electron chi connectivity index (χ4n) is 3.81. The Hall–Kier alpha value is -3.81. The first kappa shape index (κ1) is 19.2. The van der Waals surface area contributed by atoms with Gasteiger partial charge in [-0.2, -0.15) is 0 Å². The molecule has 2 aromatic heterocycles. The number of carbonyl (C=O) groups is 1. The van der Waals surface area contributed by atoms with Gasteiger partial charge in [0.2, 0.25) is 6.79 Å². The van der Waals surface area contributed by atoms with Gasteiger partial charge >= 0.3 is 0 Å². The van der Waals surface area contributed by atoms with Crippen molar-refractivity contribution in [2.45, 2.75) is 32.9 Å². The monoisotopic (exact) mass is 417 g/mol. The molecule has 31 heavy (non-hydrogen) atoms. The summed E-state index contributed by atoms with van der Waals surface area (Å²) in [5.74, 6) is 1.50. The van der Waals surface area contributed by atoms with Crippen LogP contribution in [0.2, 0.25) is 0 Å². The summed E-state index contributed by atoms with van der Waals surface area (Å²) in [5, 5.41) is 2.96. The summed E-state index contributed by atoms with van der Waals surface area (Å²) in [5.41, 5.74) is 10.4. The number of para-hydroxylation sites is 2. The number of rotatable bonds is 6.